The van der Waals surface area contributed by atoms with Gasteiger partial charge in [-0.1, -0.05) is 0 Å². The Morgan fingerprint density at radius 2 is 1.80 bits per heavy atom. The number of nitrogens with zero attached hydrogens (tertiary/aromatic N) is 2. The standard InChI is InChI=1S/C8H14F3N3O/c1-13-2-4-14(5-3-13)7(15)12-6-8(9,10)11/h2-6H2,1H3,(H,12,15). The molecule has 4 nitrogen and oxygen atoms in total. The first-order chi connectivity index (χ1) is 6.88. The first-order valence-electron chi connectivity index (χ1n) is 4.66. The Morgan fingerprint density at radius 3 is 2.27 bits per heavy atom. The summed E-state index contributed by atoms with van der Waals surface area (Å²) in [4.78, 5) is 14.7. The van der Waals surface area contributed by atoms with Crippen molar-refractivity contribution in [1.29, 1.82) is 0 Å². The van der Waals surface area contributed by atoms with Gasteiger partial charge in [-0.2, -0.15) is 13.2 Å². The van der Waals surface area contributed by atoms with Crippen LogP contribution in [0.15, 0.2) is 0 Å². The monoisotopic (exact) mass is 225 g/mol. The average molecular weight is 225 g/mol. The molecule has 0 spiro atoms. The molecule has 0 radical (unpaired) electrons. The molecule has 0 aromatic carbocycles. The average Bonchev–Trinajstić information content (AvgIpc) is 2.14. The highest BCUT2D eigenvalue weighted by molar-refractivity contribution is 5.74. The van der Waals surface area contributed by atoms with Crippen molar-refractivity contribution in [2.24, 2.45) is 0 Å². The molecule has 1 saturated heterocycles. The summed E-state index contributed by atoms with van der Waals surface area (Å²) in [5, 5.41) is 1.85. The molecule has 0 saturated carbocycles. The van der Waals surface area contributed by atoms with Gasteiger partial charge in [-0.05, 0) is 7.05 Å². The van der Waals surface area contributed by atoms with Crippen LogP contribution in [0, 0.1) is 0 Å². The maximum absolute atomic E-state index is 11.8. The van der Waals surface area contributed by atoms with E-state index in [9.17, 15) is 18.0 Å². The third-order valence-electron chi connectivity index (χ3n) is 2.23. The molecule has 2 amide bonds. The number of carbonyl (C=O) groups is 1. The van der Waals surface area contributed by atoms with Crippen LogP contribution in [0.3, 0.4) is 0 Å². The number of carbonyl (C=O) groups excluding carboxylic acids is 1. The smallest absolute Gasteiger partial charge is 0.329 e. The van der Waals surface area contributed by atoms with E-state index < -0.39 is 18.8 Å². The van der Waals surface area contributed by atoms with Gasteiger partial charge < -0.3 is 15.1 Å². The van der Waals surface area contributed by atoms with E-state index in [1.165, 1.54) is 4.90 Å². The van der Waals surface area contributed by atoms with Gasteiger partial charge in [0, 0.05) is 26.2 Å². The third-order valence-corrected chi connectivity index (χ3v) is 2.23. The number of hydrogen-bond acceptors (Lipinski definition) is 2. The molecule has 7 heteroatoms. The first-order valence-corrected chi connectivity index (χ1v) is 4.66. The van der Waals surface area contributed by atoms with Crippen LogP contribution < -0.4 is 5.32 Å². The van der Waals surface area contributed by atoms with Gasteiger partial charge in [0.1, 0.15) is 6.54 Å². The molecule has 1 N–H and O–H groups in total. The molecule has 0 unspecified atom stereocenters. The van der Waals surface area contributed by atoms with Gasteiger partial charge in [0.25, 0.3) is 0 Å². The molecule has 1 fully saturated rings. The van der Waals surface area contributed by atoms with Gasteiger partial charge in [0.15, 0.2) is 0 Å². The number of likely N-dealkylation sites (N-methyl/N-ethyl adjacent to an activating group) is 1. The van der Waals surface area contributed by atoms with Crippen LogP contribution in [-0.2, 0) is 0 Å². The number of alkyl halides is 3. The van der Waals surface area contributed by atoms with Crippen LogP contribution in [0.25, 0.3) is 0 Å². The zero-order chi connectivity index (χ0) is 11.5. The summed E-state index contributed by atoms with van der Waals surface area (Å²) in [6, 6.07) is -0.638. The van der Waals surface area contributed by atoms with Gasteiger partial charge in [-0.3, -0.25) is 0 Å². The Kier molecular flexibility index (Phi) is 3.78. The van der Waals surface area contributed by atoms with Crippen molar-refractivity contribution in [3.63, 3.8) is 0 Å². The normalized spacial score (nSPS) is 19.1. The van der Waals surface area contributed by atoms with Crippen LogP contribution in [0.1, 0.15) is 0 Å². The lowest BCUT2D eigenvalue weighted by Gasteiger charge is -2.32. The Morgan fingerprint density at radius 1 is 1.27 bits per heavy atom. The van der Waals surface area contributed by atoms with E-state index in [2.05, 4.69) is 0 Å². The predicted molar refractivity (Wildman–Crippen MR) is 48.5 cm³/mol. The molecule has 1 rings (SSSR count). The molecule has 88 valence electrons. The number of hydrogen-bond donors (Lipinski definition) is 1. The van der Waals surface area contributed by atoms with E-state index in [-0.39, 0.29) is 0 Å². The van der Waals surface area contributed by atoms with Crippen LogP contribution >= 0.6 is 0 Å². The van der Waals surface area contributed by atoms with Crippen molar-refractivity contribution in [2.45, 2.75) is 6.18 Å². The number of urea groups is 1. The van der Waals surface area contributed by atoms with E-state index >= 15 is 0 Å². The lowest BCUT2D eigenvalue weighted by Crippen LogP contribution is -2.51. The van der Waals surface area contributed by atoms with E-state index in [0.717, 1.165) is 0 Å². The summed E-state index contributed by atoms with van der Waals surface area (Å²) in [5.74, 6) is 0. The van der Waals surface area contributed by atoms with Crippen molar-refractivity contribution in [3.05, 3.63) is 0 Å². The van der Waals surface area contributed by atoms with Crippen molar-refractivity contribution in [3.8, 4) is 0 Å². The number of amides is 2. The highest BCUT2D eigenvalue weighted by atomic mass is 19.4. The quantitative estimate of drug-likeness (QED) is 0.705. The second-order valence-corrected chi connectivity index (χ2v) is 3.56. The maximum atomic E-state index is 11.8. The van der Waals surface area contributed by atoms with Crippen LogP contribution in [0.5, 0.6) is 0 Å². The lowest BCUT2D eigenvalue weighted by molar-refractivity contribution is -0.123. The molecule has 15 heavy (non-hydrogen) atoms. The minimum absolute atomic E-state index is 0.472. The molecule has 0 aliphatic carbocycles. The Labute approximate surface area is 86.0 Å². The molecular weight excluding hydrogens is 211 g/mol. The number of piperazine rings is 1. The van der Waals surface area contributed by atoms with Gasteiger partial charge in [-0.25, -0.2) is 4.79 Å². The highest BCUT2D eigenvalue weighted by Gasteiger charge is 2.29. The zero-order valence-corrected chi connectivity index (χ0v) is 8.47. The summed E-state index contributed by atoms with van der Waals surface area (Å²) in [6.45, 7) is 1.07. The number of rotatable bonds is 1. The largest absolute Gasteiger partial charge is 0.405 e. The van der Waals surface area contributed by atoms with E-state index in [0.29, 0.717) is 26.2 Å². The summed E-state index contributed by atoms with van der Waals surface area (Å²) >= 11 is 0. The summed E-state index contributed by atoms with van der Waals surface area (Å²) in [6.07, 6.45) is -4.35. The lowest BCUT2D eigenvalue weighted by atomic mass is 10.3. The Hall–Kier alpha value is -0.980. The first kappa shape index (κ1) is 12.1. The second kappa shape index (κ2) is 4.69. The fraction of sp³-hybridized carbons (Fsp3) is 0.875. The molecular formula is C8H14F3N3O. The SMILES string of the molecule is CN1CCN(C(=O)NCC(F)(F)F)CC1. The number of nitrogens with one attached hydrogen (secondary N) is 1. The highest BCUT2D eigenvalue weighted by Crippen LogP contribution is 2.12. The van der Waals surface area contributed by atoms with Crippen LogP contribution in [-0.4, -0.2) is 61.8 Å². The second-order valence-electron chi connectivity index (χ2n) is 3.56. The minimum Gasteiger partial charge on any atom is -0.329 e. The zero-order valence-electron chi connectivity index (χ0n) is 8.47. The van der Waals surface area contributed by atoms with Crippen LogP contribution in [0.4, 0.5) is 18.0 Å². The van der Waals surface area contributed by atoms with Crippen LogP contribution in [0.2, 0.25) is 0 Å². The molecule has 1 aliphatic rings. The van der Waals surface area contributed by atoms with E-state index in [1.54, 1.807) is 0 Å². The van der Waals surface area contributed by atoms with E-state index in [4.69, 9.17) is 0 Å². The fourth-order valence-corrected chi connectivity index (χ4v) is 1.30. The molecule has 1 aliphatic heterocycles. The number of halogens is 3. The maximum Gasteiger partial charge on any atom is 0.405 e. The Balaban J connectivity index is 2.29. The Bertz CT molecular complexity index is 224. The summed E-state index contributed by atoms with van der Waals surface area (Å²) in [7, 11) is 1.91. The predicted octanol–water partition coefficient (Wildman–Crippen LogP) is 0.506. The molecule has 0 bridgehead atoms. The van der Waals surface area contributed by atoms with Gasteiger partial charge >= 0.3 is 12.2 Å². The third kappa shape index (κ3) is 4.37. The topological polar surface area (TPSA) is 35.6 Å². The van der Waals surface area contributed by atoms with E-state index in [1.807, 2.05) is 17.3 Å². The van der Waals surface area contributed by atoms with Crippen molar-refractivity contribution >= 4 is 6.03 Å². The molecule has 0 aromatic rings. The van der Waals surface area contributed by atoms with Crippen molar-refractivity contribution in [2.75, 3.05) is 39.8 Å². The van der Waals surface area contributed by atoms with Gasteiger partial charge in [0.05, 0.1) is 0 Å². The van der Waals surface area contributed by atoms with Gasteiger partial charge in [0.2, 0.25) is 0 Å². The van der Waals surface area contributed by atoms with Crippen molar-refractivity contribution < 1.29 is 18.0 Å². The summed E-state index contributed by atoms with van der Waals surface area (Å²) < 4.78 is 35.4. The molecule has 0 atom stereocenters. The van der Waals surface area contributed by atoms with Gasteiger partial charge in [-0.15, -0.1) is 0 Å². The summed E-state index contributed by atoms with van der Waals surface area (Å²) in [5.41, 5.74) is 0. The molecule has 1 heterocycles. The minimum atomic E-state index is -4.35. The molecule has 0 aromatic heterocycles. The van der Waals surface area contributed by atoms with Crippen molar-refractivity contribution in [1.82, 2.24) is 15.1 Å². The fourth-order valence-electron chi connectivity index (χ4n) is 1.30.